The number of hydrogen-bond acceptors (Lipinski definition) is 7. The first-order chi connectivity index (χ1) is 20.8. The van der Waals surface area contributed by atoms with Crippen LogP contribution < -0.4 is 0 Å². The molecule has 4 rings (SSSR count). The van der Waals surface area contributed by atoms with Crippen LogP contribution in [0, 0.1) is 0 Å². The summed E-state index contributed by atoms with van der Waals surface area (Å²) in [5, 5.41) is 0. The molecule has 1 radical (unpaired) electrons. The van der Waals surface area contributed by atoms with Crippen LogP contribution in [0.1, 0.15) is 22.3 Å². The second kappa shape index (κ2) is 24.3. The molecule has 44 heavy (non-hydrogen) atoms. The van der Waals surface area contributed by atoms with E-state index in [1.165, 1.54) is 0 Å². The van der Waals surface area contributed by atoms with E-state index >= 15 is 0 Å². The van der Waals surface area contributed by atoms with E-state index in [9.17, 15) is 14.0 Å². The third-order valence-electron chi connectivity index (χ3n) is 5.15. The molecular weight excluding hydrogens is 856 g/mol. The number of phosphoric ester groups is 2. The molecule has 0 heterocycles. The fourth-order valence-corrected chi connectivity index (χ4v) is 5.14. The van der Waals surface area contributed by atoms with Crippen molar-refractivity contribution in [2.45, 2.75) is 26.4 Å². The maximum absolute atomic E-state index is 12.4. The van der Waals surface area contributed by atoms with Gasteiger partial charge in [-0.05, 0) is 22.3 Å². The number of phosphoric acid groups is 2. The Kier molecular flexibility index (Phi) is 22.8. The molecular formula is C30H33AgCl2IO8P2. The van der Waals surface area contributed by atoms with Crippen LogP contribution in [-0.2, 0) is 80.6 Å². The molecule has 0 spiro atoms. The van der Waals surface area contributed by atoms with Crippen molar-refractivity contribution in [3.05, 3.63) is 144 Å². The Bertz CT molecular complexity index is 1270. The Morgan fingerprint density at radius 2 is 0.773 bits per heavy atom. The second-order valence-corrected chi connectivity index (χ2v) is 13.6. The van der Waals surface area contributed by atoms with E-state index in [1.54, 1.807) is 0 Å². The van der Waals surface area contributed by atoms with Gasteiger partial charge in [0.2, 0.25) is 0 Å². The van der Waals surface area contributed by atoms with E-state index in [2.05, 4.69) is 22.6 Å². The van der Waals surface area contributed by atoms with Crippen molar-refractivity contribution in [2.24, 2.45) is 0 Å². The van der Waals surface area contributed by atoms with Gasteiger partial charge >= 0.3 is 15.6 Å². The number of hydrogen-bond donors (Lipinski definition) is 1. The topological polar surface area (TPSA) is 101 Å². The normalized spacial score (nSPS) is 10.8. The Morgan fingerprint density at radius 1 is 0.523 bits per heavy atom. The largest absolute Gasteiger partial charge is 0.476 e. The molecule has 0 aliphatic rings. The minimum absolute atomic E-state index is 0. The zero-order chi connectivity index (χ0) is 31.2. The zero-order valence-electron chi connectivity index (χ0n) is 23.4. The fraction of sp³-hybridized carbons (Fsp3) is 0.200. The molecule has 0 fully saturated rings. The molecule has 0 aromatic heterocycles. The first-order valence-corrected chi connectivity index (χ1v) is 18.3. The molecule has 0 amide bonds. The predicted molar refractivity (Wildman–Crippen MR) is 179 cm³/mol. The first-order valence-electron chi connectivity index (χ1n) is 12.8. The fourth-order valence-electron chi connectivity index (χ4n) is 3.13. The van der Waals surface area contributed by atoms with E-state index in [-0.39, 0.29) is 54.9 Å². The van der Waals surface area contributed by atoms with Gasteiger partial charge < -0.3 is 4.89 Å². The third kappa shape index (κ3) is 19.0. The van der Waals surface area contributed by atoms with Crippen molar-refractivity contribution in [2.75, 3.05) is 9.95 Å². The number of halogens is 3. The van der Waals surface area contributed by atoms with Gasteiger partial charge in [-0.1, -0.05) is 156 Å². The molecule has 0 aliphatic heterocycles. The van der Waals surface area contributed by atoms with Crippen molar-refractivity contribution < 1.29 is 59.0 Å². The standard InChI is InChI=1S/C15H16ClO4P.C14H15O4P.CH2ClI.Ag/c16-13-20-21(17,18-11-14-7-3-1-4-8-14)19-12-15-9-5-2-6-10-15;15-19(16,17-11-13-7-3-1-4-8-13)18-12-14-9-5-2-6-10-14;2-1-3;/h1-10H,11-13H2;1-10H,11-12H2,(H,15,16);1H2;. The summed E-state index contributed by atoms with van der Waals surface area (Å²) in [7, 11) is -7.71. The summed E-state index contributed by atoms with van der Waals surface area (Å²) >= 11 is 12.5. The molecule has 0 unspecified atom stereocenters. The summed E-state index contributed by atoms with van der Waals surface area (Å²) < 4.78 is 50.2. The summed E-state index contributed by atoms with van der Waals surface area (Å²) in [6.07, 6.45) is 0. The smallest absolute Gasteiger partial charge is 0.302 e. The van der Waals surface area contributed by atoms with E-state index in [4.69, 9.17) is 45.8 Å². The quantitative estimate of drug-likeness (QED) is 0.0579. The van der Waals surface area contributed by atoms with Gasteiger partial charge in [-0.15, -0.1) is 11.6 Å². The molecule has 243 valence electrons. The minimum atomic E-state index is -4.02. The Hall–Kier alpha value is -0.850. The van der Waals surface area contributed by atoms with Gasteiger partial charge in [-0.25, -0.2) is 9.13 Å². The van der Waals surface area contributed by atoms with Gasteiger partial charge in [0.15, 0.2) is 0 Å². The second-order valence-electron chi connectivity index (χ2n) is 8.29. The van der Waals surface area contributed by atoms with Crippen molar-refractivity contribution in [3.8, 4) is 0 Å². The van der Waals surface area contributed by atoms with Crippen LogP contribution >= 0.6 is 61.4 Å². The minimum Gasteiger partial charge on any atom is -0.302 e. The molecule has 0 aliphatic carbocycles. The number of benzene rings is 4. The third-order valence-corrected chi connectivity index (χ3v) is 7.65. The van der Waals surface area contributed by atoms with Crippen LogP contribution in [0.2, 0.25) is 0 Å². The van der Waals surface area contributed by atoms with Crippen molar-refractivity contribution in [1.82, 2.24) is 0 Å². The van der Waals surface area contributed by atoms with Crippen molar-refractivity contribution >= 4 is 61.4 Å². The molecule has 0 atom stereocenters. The van der Waals surface area contributed by atoms with Gasteiger partial charge in [0.25, 0.3) is 0 Å². The summed E-state index contributed by atoms with van der Waals surface area (Å²) in [5.41, 5.74) is 3.39. The van der Waals surface area contributed by atoms with Crippen molar-refractivity contribution in [1.29, 1.82) is 0 Å². The summed E-state index contributed by atoms with van der Waals surface area (Å²) in [6.45, 7) is 0.348. The molecule has 1 N–H and O–H groups in total. The van der Waals surface area contributed by atoms with Gasteiger partial charge in [-0.3, -0.25) is 22.6 Å². The molecule has 0 saturated heterocycles. The SMILES string of the molecule is ClCI.O=P(O)(OCc1ccccc1)OCc1ccccc1.O=P(OCCl)(OCc1ccccc1)OCc1ccccc1.[Ag]. The van der Waals surface area contributed by atoms with Gasteiger partial charge in [0.05, 0.1) is 30.3 Å². The average molecular weight is 889 g/mol. The average Bonchev–Trinajstić information content (AvgIpc) is 3.04. The van der Waals surface area contributed by atoms with Gasteiger partial charge in [-0.2, -0.15) is 0 Å². The van der Waals surface area contributed by atoms with E-state index in [1.807, 2.05) is 121 Å². The van der Waals surface area contributed by atoms with Crippen LogP contribution in [0.4, 0.5) is 0 Å². The van der Waals surface area contributed by atoms with E-state index in [0.29, 0.717) is 3.89 Å². The van der Waals surface area contributed by atoms with Gasteiger partial charge in [0, 0.05) is 22.4 Å². The monoisotopic (exact) mass is 887 g/mol. The van der Waals surface area contributed by atoms with Crippen LogP contribution in [0.5, 0.6) is 0 Å². The number of rotatable bonds is 14. The zero-order valence-corrected chi connectivity index (χ0v) is 30.4. The molecule has 4 aromatic rings. The Balaban J connectivity index is 0.000000397. The van der Waals surface area contributed by atoms with E-state index < -0.39 is 15.6 Å². The number of alkyl halides is 3. The molecule has 8 nitrogen and oxygen atoms in total. The Labute approximate surface area is 298 Å². The van der Waals surface area contributed by atoms with Crippen LogP contribution in [0.15, 0.2) is 121 Å². The maximum atomic E-state index is 12.4. The molecule has 0 saturated carbocycles. The summed E-state index contributed by atoms with van der Waals surface area (Å²) in [5.74, 6) is 0. The molecule has 0 bridgehead atoms. The van der Waals surface area contributed by atoms with Gasteiger partial charge in [0.1, 0.15) is 6.07 Å². The summed E-state index contributed by atoms with van der Waals surface area (Å²) in [4.78, 5) is 9.55. The molecule has 14 heteroatoms. The molecule has 4 aromatic carbocycles. The van der Waals surface area contributed by atoms with Crippen LogP contribution in [0.25, 0.3) is 0 Å². The predicted octanol–water partition coefficient (Wildman–Crippen LogP) is 9.88. The maximum Gasteiger partial charge on any atom is 0.476 e. The first kappa shape index (κ1) is 41.2. The Morgan fingerprint density at radius 3 is 1.02 bits per heavy atom. The van der Waals surface area contributed by atoms with E-state index in [0.717, 1.165) is 22.3 Å². The van der Waals surface area contributed by atoms with Crippen LogP contribution in [0.3, 0.4) is 0 Å². The van der Waals surface area contributed by atoms with Crippen molar-refractivity contribution in [3.63, 3.8) is 0 Å². The van der Waals surface area contributed by atoms with Crippen LogP contribution in [-0.4, -0.2) is 14.8 Å². The summed E-state index contributed by atoms with van der Waals surface area (Å²) in [6, 6.07) is 36.8.